The lowest BCUT2D eigenvalue weighted by Gasteiger charge is -2.09. The van der Waals surface area contributed by atoms with Crippen LogP contribution in [-0.2, 0) is 6.18 Å². The van der Waals surface area contributed by atoms with Crippen LogP contribution in [0.15, 0.2) is 36.5 Å². The number of carboxylic acid groups (broad SMARTS) is 1. The molecule has 0 atom stereocenters. The number of nitrogens with zero attached hydrogens (tertiary/aromatic N) is 1. The highest BCUT2D eigenvalue weighted by atomic mass is 35.5. The Balaban J connectivity index is 2.50. The van der Waals surface area contributed by atoms with Gasteiger partial charge in [-0.1, -0.05) is 23.7 Å². The second-order valence-corrected chi connectivity index (χ2v) is 4.37. The van der Waals surface area contributed by atoms with Crippen molar-refractivity contribution < 1.29 is 23.1 Å². The van der Waals surface area contributed by atoms with Gasteiger partial charge in [-0.3, -0.25) is 4.98 Å². The number of carboxylic acids is 1. The standard InChI is InChI=1S/C13H7ClF3NO2/c14-9-5-10(12(19)20)11(18-6-9)7-1-3-8(4-2-7)13(15,16)17/h1-6H,(H,19,20). The van der Waals surface area contributed by atoms with Crippen LogP contribution in [0.4, 0.5) is 13.2 Å². The third-order valence-corrected chi connectivity index (χ3v) is 2.78. The van der Waals surface area contributed by atoms with Crippen LogP contribution in [0.2, 0.25) is 5.02 Å². The summed E-state index contributed by atoms with van der Waals surface area (Å²) < 4.78 is 37.4. The first-order chi connectivity index (χ1) is 9.29. The van der Waals surface area contributed by atoms with Crippen molar-refractivity contribution in [2.75, 3.05) is 0 Å². The monoisotopic (exact) mass is 301 g/mol. The Morgan fingerprint density at radius 1 is 1.20 bits per heavy atom. The molecule has 7 heteroatoms. The molecule has 0 saturated heterocycles. The molecule has 0 aliphatic heterocycles. The van der Waals surface area contributed by atoms with Gasteiger partial charge in [-0.25, -0.2) is 4.79 Å². The summed E-state index contributed by atoms with van der Waals surface area (Å²) in [4.78, 5) is 15.0. The fraction of sp³-hybridized carbons (Fsp3) is 0.0769. The third kappa shape index (κ3) is 2.91. The Kier molecular flexibility index (Phi) is 3.67. The summed E-state index contributed by atoms with van der Waals surface area (Å²) in [6.45, 7) is 0. The molecule has 2 aromatic rings. The average molecular weight is 302 g/mol. The van der Waals surface area contributed by atoms with Crippen LogP contribution in [0.1, 0.15) is 15.9 Å². The summed E-state index contributed by atoms with van der Waals surface area (Å²) in [6, 6.07) is 5.29. The van der Waals surface area contributed by atoms with E-state index in [0.717, 1.165) is 12.1 Å². The zero-order valence-corrected chi connectivity index (χ0v) is 10.5. The summed E-state index contributed by atoms with van der Waals surface area (Å²) in [5.74, 6) is -1.25. The molecule has 0 amide bonds. The van der Waals surface area contributed by atoms with E-state index in [9.17, 15) is 18.0 Å². The SMILES string of the molecule is O=C(O)c1cc(Cl)cnc1-c1ccc(C(F)(F)F)cc1. The van der Waals surface area contributed by atoms with Gasteiger partial charge in [-0.2, -0.15) is 13.2 Å². The van der Waals surface area contributed by atoms with Crippen molar-refractivity contribution in [2.45, 2.75) is 6.18 Å². The van der Waals surface area contributed by atoms with E-state index in [2.05, 4.69) is 4.98 Å². The van der Waals surface area contributed by atoms with E-state index < -0.39 is 17.7 Å². The number of hydrogen-bond donors (Lipinski definition) is 1. The largest absolute Gasteiger partial charge is 0.478 e. The Hall–Kier alpha value is -2.08. The molecule has 0 aliphatic rings. The molecular weight excluding hydrogens is 295 g/mol. The summed E-state index contributed by atoms with van der Waals surface area (Å²) in [5.41, 5.74) is -0.646. The zero-order chi connectivity index (χ0) is 14.9. The van der Waals surface area contributed by atoms with Crippen molar-refractivity contribution in [1.82, 2.24) is 4.98 Å². The van der Waals surface area contributed by atoms with E-state index in [1.165, 1.54) is 24.4 Å². The molecule has 0 unspecified atom stereocenters. The molecule has 104 valence electrons. The van der Waals surface area contributed by atoms with Crippen molar-refractivity contribution in [3.05, 3.63) is 52.7 Å². The zero-order valence-electron chi connectivity index (χ0n) is 9.78. The summed E-state index contributed by atoms with van der Waals surface area (Å²) in [5, 5.41) is 9.19. The van der Waals surface area contributed by atoms with E-state index in [1.807, 2.05) is 0 Å². The molecule has 0 aliphatic carbocycles. The van der Waals surface area contributed by atoms with Gasteiger partial charge in [0.25, 0.3) is 0 Å². The lowest BCUT2D eigenvalue weighted by molar-refractivity contribution is -0.137. The van der Waals surface area contributed by atoms with Crippen LogP contribution in [-0.4, -0.2) is 16.1 Å². The molecule has 0 radical (unpaired) electrons. The number of hydrogen-bond acceptors (Lipinski definition) is 2. The van der Waals surface area contributed by atoms with Crippen molar-refractivity contribution in [1.29, 1.82) is 0 Å². The minimum atomic E-state index is -4.44. The molecule has 0 spiro atoms. The summed E-state index contributed by atoms with van der Waals surface area (Å²) in [6.07, 6.45) is -3.21. The summed E-state index contributed by atoms with van der Waals surface area (Å²) in [7, 11) is 0. The lowest BCUT2D eigenvalue weighted by Crippen LogP contribution is -2.05. The van der Waals surface area contributed by atoms with Crippen LogP contribution in [0.3, 0.4) is 0 Å². The number of aromatic carboxylic acids is 1. The quantitative estimate of drug-likeness (QED) is 0.907. The highest BCUT2D eigenvalue weighted by Gasteiger charge is 2.30. The molecule has 0 saturated carbocycles. The number of aromatic nitrogens is 1. The van der Waals surface area contributed by atoms with Crippen LogP contribution >= 0.6 is 11.6 Å². The first-order valence-electron chi connectivity index (χ1n) is 5.35. The number of carbonyl (C=O) groups is 1. The van der Waals surface area contributed by atoms with Crippen molar-refractivity contribution in [3.8, 4) is 11.3 Å². The maximum Gasteiger partial charge on any atom is 0.416 e. The lowest BCUT2D eigenvalue weighted by atomic mass is 10.0. The molecule has 2 rings (SSSR count). The average Bonchev–Trinajstić information content (AvgIpc) is 2.37. The van der Waals surface area contributed by atoms with Gasteiger partial charge in [-0.05, 0) is 18.2 Å². The first kappa shape index (κ1) is 14.3. The van der Waals surface area contributed by atoms with Crippen molar-refractivity contribution >= 4 is 17.6 Å². The van der Waals surface area contributed by atoms with Crippen LogP contribution in [0, 0.1) is 0 Å². The fourth-order valence-corrected chi connectivity index (χ4v) is 1.81. The fourth-order valence-electron chi connectivity index (χ4n) is 1.65. The highest BCUT2D eigenvalue weighted by Crippen LogP contribution is 2.31. The summed E-state index contributed by atoms with van der Waals surface area (Å²) >= 11 is 5.66. The molecule has 20 heavy (non-hydrogen) atoms. The van der Waals surface area contributed by atoms with Crippen LogP contribution in [0.5, 0.6) is 0 Å². The molecule has 1 heterocycles. The van der Waals surface area contributed by atoms with E-state index in [4.69, 9.17) is 16.7 Å². The number of pyridine rings is 1. The van der Waals surface area contributed by atoms with Gasteiger partial charge < -0.3 is 5.11 Å². The van der Waals surface area contributed by atoms with Gasteiger partial charge in [0.1, 0.15) is 0 Å². The topological polar surface area (TPSA) is 50.2 Å². The molecule has 3 nitrogen and oxygen atoms in total. The van der Waals surface area contributed by atoms with Gasteiger partial charge in [0, 0.05) is 11.8 Å². The van der Waals surface area contributed by atoms with E-state index >= 15 is 0 Å². The number of benzene rings is 1. The highest BCUT2D eigenvalue weighted by molar-refractivity contribution is 6.30. The maximum absolute atomic E-state index is 12.5. The van der Waals surface area contributed by atoms with Crippen molar-refractivity contribution in [2.24, 2.45) is 0 Å². The molecule has 1 N–H and O–H groups in total. The smallest absolute Gasteiger partial charge is 0.416 e. The Bertz CT molecular complexity index is 654. The minimum Gasteiger partial charge on any atom is -0.478 e. The van der Waals surface area contributed by atoms with E-state index in [0.29, 0.717) is 0 Å². The predicted octanol–water partition coefficient (Wildman–Crippen LogP) is 4.12. The number of rotatable bonds is 2. The van der Waals surface area contributed by atoms with Gasteiger partial charge in [0.05, 0.1) is 21.8 Å². The molecule has 1 aromatic heterocycles. The van der Waals surface area contributed by atoms with Crippen molar-refractivity contribution in [3.63, 3.8) is 0 Å². The normalized spacial score (nSPS) is 11.4. The third-order valence-electron chi connectivity index (χ3n) is 2.57. The molecule has 0 bridgehead atoms. The first-order valence-corrected chi connectivity index (χ1v) is 5.73. The van der Waals surface area contributed by atoms with Gasteiger partial charge in [-0.15, -0.1) is 0 Å². The van der Waals surface area contributed by atoms with Crippen LogP contribution < -0.4 is 0 Å². The number of alkyl halides is 3. The predicted molar refractivity (Wildman–Crippen MR) is 66.6 cm³/mol. The maximum atomic E-state index is 12.5. The Labute approximate surface area is 116 Å². The molecule has 0 fully saturated rings. The minimum absolute atomic E-state index is 0.0654. The van der Waals surface area contributed by atoms with Gasteiger partial charge >= 0.3 is 12.1 Å². The molecule has 1 aromatic carbocycles. The second kappa shape index (κ2) is 5.13. The Morgan fingerprint density at radius 2 is 1.80 bits per heavy atom. The number of halogens is 4. The molecular formula is C13H7ClF3NO2. The van der Waals surface area contributed by atoms with Gasteiger partial charge in [0.15, 0.2) is 0 Å². The second-order valence-electron chi connectivity index (χ2n) is 3.93. The van der Waals surface area contributed by atoms with E-state index in [-0.39, 0.29) is 21.8 Å². The van der Waals surface area contributed by atoms with Crippen LogP contribution in [0.25, 0.3) is 11.3 Å². The van der Waals surface area contributed by atoms with E-state index in [1.54, 1.807) is 0 Å². The van der Waals surface area contributed by atoms with Gasteiger partial charge in [0.2, 0.25) is 0 Å². The Morgan fingerprint density at radius 3 is 2.30 bits per heavy atom.